The lowest BCUT2D eigenvalue weighted by atomic mass is 9.98. The van der Waals surface area contributed by atoms with Gasteiger partial charge in [0.15, 0.2) is 0 Å². The molecule has 5 heteroatoms. The maximum absolute atomic E-state index is 6.28. The highest BCUT2D eigenvalue weighted by molar-refractivity contribution is 6.31. The van der Waals surface area contributed by atoms with Crippen LogP contribution in [0.1, 0.15) is 36.7 Å². The van der Waals surface area contributed by atoms with E-state index in [0.29, 0.717) is 5.02 Å². The summed E-state index contributed by atoms with van der Waals surface area (Å²) in [4.78, 5) is 4.20. The molecule has 1 unspecified atom stereocenters. The van der Waals surface area contributed by atoms with Gasteiger partial charge in [-0.25, -0.2) is 0 Å². The number of aromatic nitrogens is 3. The summed E-state index contributed by atoms with van der Waals surface area (Å²) in [6.07, 6.45) is 6.38. The highest BCUT2D eigenvalue weighted by atomic mass is 35.5. The first-order chi connectivity index (χ1) is 9.19. The molecule has 0 bridgehead atoms. The number of nitrogens with one attached hydrogen (secondary N) is 1. The van der Waals surface area contributed by atoms with Crippen LogP contribution in [0.4, 0.5) is 0 Å². The summed E-state index contributed by atoms with van der Waals surface area (Å²) in [5.74, 6) is 0. The first-order valence-electron chi connectivity index (χ1n) is 6.52. The fourth-order valence-corrected chi connectivity index (χ4v) is 2.59. The Labute approximate surface area is 118 Å². The van der Waals surface area contributed by atoms with Gasteiger partial charge < -0.3 is 5.32 Å². The Hall–Kier alpha value is -1.39. The molecule has 102 valence electrons. The van der Waals surface area contributed by atoms with Gasteiger partial charge in [0.1, 0.15) is 0 Å². The third kappa shape index (κ3) is 2.80. The summed E-state index contributed by atoms with van der Waals surface area (Å²) in [6, 6.07) is 2.10. The molecule has 2 heterocycles. The minimum absolute atomic E-state index is 0.0444. The fraction of sp³-hybridized carbons (Fsp3) is 0.429. The molecule has 0 fully saturated rings. The molecular formula is C14H19ClN4. The van der Waals surface area contributed by atoms with E-state index in [1.165, 1.54) is 11.1 Å². The molecule has 2 aromatic heterocycles. The molecule has 0 aliphatic heterocycles. The normalized spacial score (nSPS) is 12.6. The molecule has 1 atom stereocenters. The van der Waals surface area contributed by atoms with Crippen molar-refractivity contribution in [1.82, 2.24) is 20.1 Å². The van der Waals surface area contributed by atoms with Crippen LogP contribution in [0.15, 0.2) is 24.7 Å². The molecule has 0 spiro atoms. The Bertz CT molecular complexity index is 531. The lowest BCUT2D eigenvalue weighted by Gasteiger charge is -2.21. The number of aryl methyl sites for hydroxylation is 2. The van der Waals surface area contributed by atoms with Gasteiger partial charge in [0.25, 0.3) is 0 Å². The van der Waals surface area contributed by atoms with E-state index in [-0.39, 0.29) is 6.04 Å². The van der Waals surface area contributed by atoms with E-state index in [4.69, 9.17) is 11.6 Å². The molecule has 0 amide bonds. The highest BCUT2D eigenvalue weighted by Crippen LogP contribution is 2.29. The van der Waals surface area contributed by atoms with Crippen LogP contribution in [0, 0.1) is 0 Å². The number of rotatable bonds is 5. The van der Waals surface area contributed by atoms with E-state index in [1.54, 1.807) is 6.20 Å². The van der Waals surface area contributed by atoms with Gasteiger partial charge in [0.2, 0.25) is 0 Å². The zero-order chi connectivity index (χ0) is 13.8. The van der Waals surface area contributed by atoms with Crippen molar-refractivity contribution in [3.8, 4) is 0 Å². The SMILES string of the molecule is CCNC(c1ccncc1CC)c1c(Cl)cnn1C. The largest absolute Gasteiger partial charge is 0.305 e. The zero-order valence-electron chi connectivity index (χ0n) is 11.5. The molecule has 0 saturated carbocycles. The molecule has 0 saturated heterocycles. The third-order valence-electron chi connectivity index (χ3n) is 3.25. The van der Waals surface area contributed by atoms with Crippen LogP contribution in [0.3, 0.4) is 0 Å². The van der Waals surface area contributed by atoms with Crippen LogP contribution < -0.4 is 5.32 Å². The Morgan fingerprint density at radius 2 is 2.16 bits per heavy atom. The van der Waals surface area contributed by atoms with Crippen LogP contribution in [0.2, 0.25) is 5.02 Å². The molecular weight excluding hydrogens is 260 g/mol. The van der Waals surface area contributed by atoms with E-state index in [0.717, 1.165) is 18.7 Å². The van der Waals surface area contributed by atoms with E-state index in [2.05, 4.69) is 35.3 Å². The van der Waals surface area contributed by atoms with Crippen molar-refractivity contribution in [2.45, 2.75) is 26.3 Å². The van der Waals surface area contributed by atoms with Crippen molar-refractivity contribution in [2.75, 3.05) is 6.54 Å². The minimum atomic E-state index is 0.0444. The Morgan fingerprint density at radius 1 is 1.37 bits per heavy atom. The van der Waals surface area contributed by atoms with Gasteiger partial charge in [-0.15, -0.1) is 0 Å². The topological polar surface area (TPSA) is 42.7 Å². The van der Waals surface area contributed by atoms with Crippen LogP contribution >= 0.6 is 11.6 Å². The summed E-state index contributed by atoms with van der Waals surface area (Å²) in [6.45, 7) is 5.08. The molecule has 0 aromatic carbocycles. The molecule has 0 radical (unpaired) electrons. The van der Waals surface area contributed by atoms with Gasteiger partial charge in [0, 0.05) is 19.4 Å². The smallest absolute Gasteiger partial charge is 0.0837 e. The summed E-state index contributed by atoms with van der Waals surface area (Å²) in [5, 5.41) is 8.40. The predicted molar refractivity (Wildman–Crippen MR) is 77.4 cm³/mol. The van der Waals surface area contributed by atoms with Gasteiger partial charge in [-0.3, -0.25) is 9.67 Å². The highest BCUT2D eigenvalue weighted by Gasteiger charge is 2.22. The summed E-state index contributed by atoms with van der Waals surface area (Å²) >= 11 is 6.28. The molecule has 0 aliphatic rings. The van der Waals surface area contributed by atoms with Crippen molar-refractivity contribution < 1.29 is 0 Å². The third-order valence-corrected chi connectivity index (χ3v) is 3.54. The number of hydrogen-bond acceptors (Lipinski definition) is 3. The minimum Gasteiger partial charge on any atom is -0.305 e. The quantitative estimate of drug-likeness (QED) is 0.914. The van der Waals surface area contributed by atoms with Crippen LogP contribution in [0.25, 0.3) is 0 Å². The lowest BCUT2D eigenvalue weighted by Crippen LogP contribution is -2.25. The average molecular weight is 279 g/mol. The lowest BCUT2D eigenvalue weighted by molar-refractivity contribution is 0.569. The van der Waals surface area contributed by atoms with Crippen LogP contribution in [-0.4, -0.2) is 21.3 Å². The standard InChI is InChI=1S/C14H19ClN4/c1-4-10-8-16-7-6-11(10)13(17-5-2)14-12(15)9-18-19(14)3/h6-9,13,17H,4-5H2,1-3H3. The van der Waals surface area contributed by atoms with Crippen molar-refractivity contribution in [2.24, 2.45) is 7.05 Å². The Kier molecular flexibility index (Phi) is 4.56. The second-order valence-electron chi connectivity index (χ2n) is 4.42. The van der Waals surface area contributed by atoms with Crippen LogP contribution in [0.5, 0.6) is 0 Å². The number of pyridine rings is 1. The van der Waals surface area contributed by atoms with Gasteiger partial charge >= 0.3 is 0 Å². The molecule has 2 aromatic rings. The van der Waals surface area contributed by atoms with Gasteiger partial charge in [-0.1, -0.05) is 25.4 Å². The predicted octanol–water partition coefficient (Wildman–Crippen LogP) is 2.73. The zero-order valence-corrected chi connectivity index (χ0v) is 12.3. The molecule has 19 heavy (non-hydrogen) atoms. The first-order valence-corrected chi connectivity index (χ1v) is 6.90. The van der Waals surface area contributed by atoms with Gasteiger partial charge in [0.05, 0.1) is 23.0 Å². The van der Waals surface area contributed by atoms with E-state index < -0.39 is 0 Å². The number of hydrogen-bond donors (Lipinski definition) is 1. The molecule has 4 nitrogen and oxygen atoms in total. The van der Waals surface area contributed by atoms with Crippen LogP contribution in [-0.2, 0) is 13.5 Å². The maximum atomic E-state index is 6.28. The van der Waals surface area contributed by atoms with E-state index >= 15 is 0 Å². The second kappa shape index (κ2) is 6.17. The Morgan fingerprint density at radius 3 is 2.74 bits per heavy atom. The first kappa shape index (κ1) is 14.0. The van der Waals surface area contributed by atoms with Crippen molar-refractivity contribution in [3.05, 3.63) is 46.5 Å². The fourth-order valence-electron chi connectivity index (χ4n) is 2.32. The Balaban J connectivity index is 2.51. The summed E-state index contributed by atoms with van der Waals surface area (Å²) < 4.78 is 1.83. The average Bonchev–Trinajstić information content (AvgIpc) is 2.76. The summed E-state index contributed by atoms with van der Waals surface area (Å²) in [7, 11) is 1.92. The van der Waals surface area contributed by atoms with E-state index in [9.17, 15) is 0 Å². The summed E-state index contributed by atoms with van der Waals surface area (Å²) in [5.41, 5.74) is 3.43. The van der Waals surface area contributed by atoms with Crippen molar-refractivity contribution in [1.29, 1.82) is 0 Å². The molecule has 2 rings (SSSR count). The monoisotopic (exact) mass is 278 g/mol. The van der Waals surface area contributed by atoms with Gasteiger partial charge in [-0.05, 0) is 30.2 Å². The maximum Gasteiger partial charge on any atom is 0.0837 e. The number of nitrogens with zero attached hydrogens (tertiary/aromatic N) is 3. The molecule has 1 N–H and O–H groups in total. The molecule has 0 aliphatic carbocycles. The van der Waals surface area contributed by atoms with Crippen molar-refractivity contribution in [3.63, 3.8) is 0 Å². The van der Waals surface area contributed by atoms with E-state index in [1.807, 2.05) is 24.1 Å². The second-order valence-corrected chi connectivity index (χ2v) is 4.83. The number of halogens is 1. The van der Waals surface area contributed by atoms with Gasteiger partial charge in [-0.2, -0.15) is 5.10 Å². The van der Waals surface area contributed by atoms with Crippen molar-refractivity contribution >= 4 is 11.6 Å².